The van der Waals surface area contributed by atoms with Crippen LogP contribution in [0.2, 0.25) is 0 Å². The second kappa shape index (κ2) is 4.88. The van der Waals surface area contributed by atoms with Gasteiger partial charge in [0.25, 0.3) is 5.89 Å². The predicted molar refractivity (Wildman–Crippen MR) is 69.2 cm³/mol. The molecule has 1 aliphatic rings. The molecule has 0 bridgehead atoms. The van der Waals surface area contributed by atoms with Crippen molar-refractivity contribution in [1.29, 1.82) is 5.26 Å². The molecule has 5 nitrogen and oxygen atoms in total. The van der Waals surface area contributed by atoms with Gasteiger partial charge in [-0.15, -0.1) is 0 Å². The van der Waals surface area contributed by atoms with Gasteiger partial charge in [0.15, 0.2) is 5.82 Å². The Morgan fingerprint density at radius 1 is 1.53 bits per heavy atom. The molecule has 1 aliphatic carbocycles. The summed E-state index contributed by atoms with van der Waals surface area (Å²) in [6, 6.07) is 3.79. The molecule has 2 atom stereocenters. The largest absolute Gasteiger partial charge is 0.356 e. The van der Waals surface area contributed by atoms with E-state index in [0.717, 1.165) is 24.6 Å². The number of aromatic nitrogens is 3. The summed E-state index contributed by atoms with van der Waals surface area (Å²) in [5.74, 6) is 2.49. The fraction of sp³-hybridized carbons (Fsp3) is 0.500. The molecule has 2 heterocycles. The van der Waals surface area contributed by atoms with Crippen LogP contribution >= 0.6 is 0 Å². The Morgan fingerprint density at radius 2 is 2.42 bits per heavy atom. The standard InChI is InChI=1S/C14H16N4O/c1-2-9-3-4-11(5-9)13-17-14(19-18-13)12-6-10(7-15)8-16-12/h6,8-9,11,16H,2-5H2,1H3. The molecule has 1 N–H and O–H groups in total. The van der Waals surface area contributed by atoms with Crippen LogP contribution in [0.15, 0.2) is 16.8 Å². The highest BCUT2D eigenvalue weighted by molar-refractivity contribution is 5.51. The summed E-state index contributed by atoms with van der Waals surface area (Å²) < 4.78 is 5.29. The van der Waals surface area contributed by atoms with Gasteiger partial charge in [-0.1, -0.05) is 18.5 Å². The van der Waals surface area contributed by atoms with Crippen LogP contribution in [0.5, 0.6) is 0 Å². The van der Waals surface area contributed by atoms with Crippen LogP contribution in [0, 0.1) is 17.2 Å². The topological polar surface area (TPSA) is 78.5 Å². The van der Waals surface area contributed by atoms with E-state index in [1.54, 1.807) is 12.3 Å². The van der Waals surface area contributed by atoms with Crippen LogP contribution in [0.3, 0.4) is 0 Å². The predicted octanol–water partition coefficient (Wildman–Crippen LogP) is 3.23. The average molecular weight is 256 g/mol. The van der Waals surface area contributed by atoms with Gasteiger partial charge >= 0.3 is 0 Å². The van der Waals surface area contributed by atoms with Crippen molar-refractivity contribution in [3.05, 3.63) is 23.7 Å². The van der Waals surface area contributed by atoms with Gasteiger partial charge in [0.1, 0.15) is 11.8 Å². The molecule has 98 valence electrons. The van der Waals surface area contributed by atoms with Gasteiger partial charge in [0, 0.05) is 12.1 Å². The summed E-state index contributed by atoms with van der Waals surface area (Å²) in [4.78, 5) is 7.44. The molecule has 0 aliphatic heterocycles. The number of aromatic amines is 1. The Morgan fingerprint density at radius 3 is 3.11 bits per heavy atom. The summed E-state index contributed by atoms with van der Waals surface area (Å²) in [5.41, 5.74) is 1.28. The first-order valence-electron chi connectivity index (χ1n) is 6.72. The molecule has 19 heavy (non-hydrogen) atoms. The zero-order chi connectivity index (χ0) is 13.2. The highest BCUT2D eigenvalue weighted by Crippen LogP contribution is 2.38. The summed E-state index contributed by atoms with van der Waals surface area (Å²) in [6.45, 7) is 2.23. The van der Waals surface area contributed by atoms with Crippen molar-refractivity contribution >= 4 is 0 Å². The van der Waals surface area contributed by atoms with E-state index in [4.69, 9.17) is 9.78 Å². The van der Waals surface area contributed by atoms with E-state index in [1.165, 1.54) is 12.8 Å². The smallest absolute Gasteiger partial charge is 0.274 e. The minimum absolute atomic E-state index is 0.424. The van der Waals surface area contributed by atoms with E-state index in [1.807, 2.05) is 0 Å². The summed E-state index contributed by atoms with van der Waals surface area (Å²) in [5, 5.41) is 12.9. The average Bonchev–Trinajstić information content (AvgIpc) is 3.16. The fourth-order valence-electron chi connectivity index (χ4n) is 2.77. The van der Waals surface area contributed by atoms with E-state index >= 15 is 0 Å². The monoisotopic (exact) mass is 256 g/mol. The van der Waals surface area contributed by atoms with E-state index in [9.17, 15) is 0 Å². The molecule has 2 unspecified atom stereocenters. The maximum absolute atomic E-state index is 8.80. The van der Waals surface area contributed by atoms with Gasteiger partial charge < -0.3 is 9.51 Å². The molecular weight excluding hydrogens is 240 g/mol. The van der Waals surface area contributed by atoms with Crippen molar-refractivity contribution in [3.8, 4) is 17.7 Å². The van der Waals surface area contributed by atoms with Crippen LogP contribution in [0.25, 0.3) is 11.6 Å². The molecule has 3 rings (SSSR count). The molecule has 0 amide bonds. The van der Waals surface area contributed by atoms with E-state index in [2.05, 4.69) is 28.1 Å². The molecule has 0 aromatic carbocycles. The lowest BCUT2D eigenvalue weighted by Gasteiger charge is -2.04. The van der Waals surface area contributed by atoms with Crippen molar-refractivity contribution in [2.75, 3.05) is 0 Å². The molecule has 2 aromatic heterocycles. The van der Waals surface area contributed by atoms with Crippen LogP contribution in [0.1, 0.15) is 49.9 Å². The van der Waals surface area contributed by atoms with E-state index < -0.39 is 0 Å². The van der Waals surface area contributed by atoms with Crippen LogP contribution in [-0.4, -0.2) is 15.1 Å². The van der Waals surface area contributed by atoms with E-state index in [-0.39, 0.29) is 0 Å². The zero-order valence-electron chi connectivity index (χ0n) is 10.9. The number of rotatable bonds is 3. The molecule has 0 saturated heterocycles. The van der Waals surface area contributed by atoms with Gasteiger partial charge in [-0.25, -0.2) is 0 Å². The Hall–Kier alpha value is -2.09. The lowest BCUT2D eigenvalue weighted by molar-refractivity contribution is 0.413. The van der Waals surface area contributed by atoms with Crippen LogP contribution < -0.4 is 0 Å². The molecule has 5 heteroatoms. The third kappa shape index (κ3) is 2.26. The second-order valence-corrected chi connectivity index (χ2v) is 5.16. The van der Waals surface area contributed by atoms with Gasteiger partial charge in [0.2, 0.25) is 0 Å². The lowest BCUT2D eigenvalue weighted by atomic mass is 10.0. The van der Waals surface area contributed by atoms with Gasteiger partial charge in [-0.05, 0) is 31.2 Å². The highest BCUT2D eigenvalue weighted by Gasteiger charge is 2.28. The number of nitrogens with zero attached hydrogens (tertiary/aromatic N) is 3. The SMILES string of the molecule is CCC1CCC(c2noc(-c3cc(C#N)c[nH]3)n2)C1. The summed E-state index contributed by atoms with van der Waals surface area (Å²) >= 11 is 0. The third-order valence-electron chi connectivity index (χ3n) is 3.97. The summed E-state index contributed by atoms with van der Waals surface area (Å²) in [6.07, 6.45) is 6.42. The Bertz CT molecular complexity index is 607. The first-order valence-corrected chi connectivity index (χ1v) is 6.72. The van der Waals surface area contributed by atoms with Crippen LogP contribution in [-0.2, 0) is 0 Å². The summed E-state index contributed by atoms with van der Waals surface area (Å²) in [7, 11) is 0. The minimum atomic E-state index is 0.424. The molecule has 0 spiro atoms. The van der Waals surface area contributed by atoms with Crippen molar-refractivity contribution in [2.24, 2.45) is 5.92 Å². The quantitative estimate of drug-likeness (QED) is 0.914. The number of nitriles is 1. The van der Waals surface area contributed by atoms with Gasteiger partial charge in [0.05, 0.1) is 5.56 Å². The number of hydrogen-bond donors (Lipinski definition) is 1. The van der Waals surface area contributed by atoms with Crippen molar-refractivity contribution < 1.29 is 4.52 Å². The van der Waals surface area contributed by atoms with Gasteiger partial charge in [-0.2, -0.15) is 10.2 Å². The second-order valence-electron chi connectivity index (χ2n) is 5.16. The fourth-order valence-corrected chi connectivity index (χ4v) is 2.77. The highest BCUT2D eigenvalue weighted by atomic mass is 16.5. The number of nitrogens with one attached hydrogen (secondary N) is 1. The Labute approximate surface area is 111 Å². The maximum atomic E-state index is 8.80. The zero-order valence-corrected chi connectivity index (χ0v) is 10.9. The number of hydrogen-bond acceptors (Lipinski definition) is 4. The van der Waals surface area contributed by atoms with Crippen LogP contribution in [0.4, 0.5) is 0 Å². The van der Waals surface area contributed by atoms with Crippen molar-refractivity contribution in [2.45, 2.75) is 38.5 Å². The Balaban J connectivity index is 1.78. The van der Waals surface area contributed by atoms with Crippen molar-refractivity contribution in [1.82, 2.24) is 15.1 Å². The molecule has 1 saturated carbocycles. The van der Waals surface area contributed by atoms with E-state index in [0.29, 0.717) is 23.1 Å². The number of H-pyrrole nitrogens is 1. The first kappa shape index (κ1) is 12.0. The molecule has 2 aromatic rings. The maximum Gasteiger partial charge on any atom is 0.274 e. The first-order chi connectivity index (χ1) is 9.30. The normalized spacial score (nSPS) is 22.5. The molecular formula is C14H16N4O. The van der Waals surface area contributed by atoms with Crippen molar-refractivity contribution in [3.63, 3.8) is 0 Å². The third-order valence-corrected chi connectivity index (χ3v) is 3.97. The van der Waals surface area contributed by atoms with Gasteiger partial charge in [-0.3, -0.25) is 0 Å². The lowest BCUT2D eigenvalue weighted by Crippen LogP contribution is -1.97. The minimum Gasteiger partial charge on any atom is -0.356 e. The Kier molecular flexibility index (Phi) is 3.08. The molecule has 1 fully saturated rings. The molecule has 0 radical (unpaired) electrons.